The van der Waals surface area contributed by atoms with Crippen LogP contribution in [0.5, 0.6) is 0 Å². The van der Waals surface area contributed by atoms with Crippen molar-refractivity contribution in [2.24, 2.45) is 5.92 Å². The van der Waals surface area contributed by atoms with E-state index in [1.165, 1.54) is 0 Å². The second kappa shape index (κ2) is 9.18. The van der Waals surface area contributed by atoms with Gasteiger partial charge in [-0.05, 0) is 12.3 Å². The first-order valence-corrected chi connectivity index (χ1v) is 6.39. The first kappa shape index (κ1) is 17.2. The van der Waals surface area contributed by atoms with Gasteiger partial charge in [0.05, 0.1) is 0 Å². The van der Waals surface area contributed by atoms with Gasteiger partial charge in [0.1, 0.15) is 6.04 Å². The Kier molecular flexibility index (Phi) is 8.32. The third-order valence-electron chi connectivity index (χ3n) is 2.96. The number of amides is 2. The second-order valence-electron chi connectivity index (χ2n) is 4.36. The number of nitrogens with one attached hydrogen (secondary N) is 2. The quantitative estimate of drug-likeness (QED) is 0.501. The fraction of sp³-hybridized carbons (Fsp3) is 0.750. The lowest BCUT2D eigenvalue weighted by Crippen LogP contribution is -2.47. The van der Waals surface area contributed by atoms with Crippen LogP contribution in [0.1, 0.15) is 39.5 Å². The molecule has 0 unspecified atom stereocenters. The Labute approximate surface area is 112 Å². The number of rotatable bonds is 9. The number of carbonyl (C=O) groups is 3. The largest absolute Gasteiger partial charge is 0.481 e. The van der Waals surface area contributed by atoms with Crippen LogP contribution in [0.4, 0.5) is 4.79 Å². The van der Waals surface area contributed by atoms with Gasteiger partial charge in [0, 0.05) is 13.0 Å². The van der Waals surface area contributed by atoms with Crippen molar-refractivity contribution < 1.29 is 24.6 Å². The molecule has 0 saturated carbocycles. The maximum atomic E-state index is 11.5. The molecule has 0 aromatic carbocycles. The third kappa shape index (κ3) is 8.01. The molecule has 0 aliphatic heterocycles. The molecular formula is C12H22N2O5. The molecule has 7 nitrogen and oxygen atoms in total. The fourth-order valence-corrected chi connectivity index (χ4v) is 1.55. The average molecular weight is 274 g/mol. The van der Waals surface area contributed by atoms with Crippen LogP contribution in [-0.4, -0.2) is 40.8 Å². The summed E-state index contributed by atoms with van der Waals surface area (Å²) in [6, 6.07) is -1.76. The lowest BCUT2D eigenvalue weighted by atomic mass is 10.0. The zero-order valence-electron chi connectivity index (χ0n) is 11.3. The van der Waals surface area contributed by atoms with Crippen molar-refractivity contribution in [3.63, 3.8) is 0 Å². The molecule has 2 amide bonds. The van der Waals surface area contributed by atoms with Crippen LogP contribution in [0.25, 0.3) is 0 Å². The highest BCUT2D eigenvalue weighted by atomic mass is 16.4. The van der Waals surface area contributed by atoms with Crippen molar-refractivity contribution in [3.05, 3.63) is 0 Å². The molecule has 0 spiro atoms. The number of hydrogen-bond donors (Lipinski definition) is 4. The molecule has 0 heterocycles. The molecule has 0 radical (unpaired) electrons. The Morgan fingerprint density at radius 3 is 2.11 bits per heavy atom. The Morgan fingerprint density at radius 2 is 1.68 bits per heavy atom. The summed E-state index contributed by atoms with van der Waals surface area (Å²) >= 11 is 0. The molecule has 7 heteroatoms. The third-order valence-corrected chi connectivity index (χ3v) is 2.96. The molecule has 0 aliphatic carbocycles. The van der Waals surface area contributed by atoms with Gasteiger partial charge >= 0.3 is 18.0 Å². The number of aliphatic carboxylic acids is 2. The van der Waals surface area contributed by atoms with Crippen molar-refractivity contribution in [1.82, 2.24) is 10.6 Å². The van der Waals surface area contributed by atoms with Crippen molar-refractivity contribution in [3.8, 4) is 0 Å². The SMILES string of the molecule is CCC(CC)CNC(=O)N[C@@H](CCC(=O)O)C(=O)O. The number of carboxylic acids is 2. The predicted molar refractivity (Wildman–Crippen MR) is 68.9 cm³/mol. The average Bonchev–Trinajstić information content (AvgIpc) is 2.35. The molecule has 0 bridgehead atoms. The van der Waals surface area contributed by atoms with E-state index < -0.39 is 24.0 Å². The summed E-state index contributed by atoms with van der Waals surface area (Å²) in [6.45, 7) is 4.51. The van der Waals surface area contributed by atoms with Gasteiger partial charge in [-0.15, -0.1) is 0 Å². The van der Waals surface area contributed by atoms with E-state index in [2.05, 4.69) is 10.6 Å². The molecule has 19 heavy (non-hydrogen) atoms. The molecule has 0 fully saturated rings. The van der Waals surface area contributed by atoms with Gasteiger partial charge in [-0.1, -0.05) is 26.7 Å². The Morgan fingerprint density at radius 1 is 1.11 bits per heavy atom. The molecule has 0 aliphatic rings. The van der Waals surface area contributed by atoms with E-state index in [1.807, 2.05) is 13.8 Å². The maximum absolute atomic E-state index is 11.5. The lowest BCUT2D eigenvalue weighted by molar-refractivity contribution is -0.140. The molecule has 4 N–H and O–H groups in total. The summed E-state index contributed by atoms with van der Waals surface area (Å²) in [6.07, 6.45) is 1.42. The topological polar surface area (TPSA) is 116 Å². The molecule has 0 aromatic heterocycles. The standard InChI is InChI=1S/C12H22N2O5/c1-3-8(4-2)7-13-12(19)14-9(11(17)18)5-6-10(15)16/h8-9H,3-7H2,1-2H3,(H,15,16)(H,17,18)(H2,13,14,19)/t9-/m0/s1. The van der Waals surface area contributed by atoms with E-state index in [4.69, 9.17) is 10.2 Å². The Hall–Kier alpha value is -1.79. The number of urea groups is 1. The van der Waals surface area contributed by atoms with E-state index in [1.54, 1.807) is 0 Å². The first-order valence-electron chi connectivity index (χ1n) is 6.39. The Bertz CT molecular complexity index is 315. The van der Waals surface area contributed by atoms with Gasteiger partial charge in [0.25, 0.3) is 0 Å². The summed E-state index contributed by atoms with van der Waals surface area (Å²) in [5, 5.41) is 22.2. The van der Waals surface area contributed by atoms with Gasteiger partial charge in [-0.2, -0.15) is 0 Å². The summed E-state index contributed by atoms with van der Waals surface area (Å²) in [4.78, 5) is 32.8. The van der Waals surface area contributed by atoms with Gasteiger partial charge < -0.3 is 20.8 Å². The second-order valence-corrected chi connectivity index (χ2v) is 4.36. The number of hydrogen-bond acceptors (Lipinski definition) is 3. The number of carbonyl (C=O) groups excluding carboxylic acids is 1. The van der Waals surface area contributed by atoms with Crippen LogP contribution >= 0.6 is 0 Å². The van der Waals surface area contributed by atoms with Crippen LogP contribution in [0.3, 0.4) is 0 Å². The minimum absolute atomic E-state index is 0.136. The Balaban J connectivity index is 4.16. The van der Waals surface area contributed by atoms with Crippen LogP contribution < -0.4 is 10.6 Å². The molecular weight excluding hydrogens is 252 g/mol. The van der Waals surface area contributed by atoms with E-state index in [9.17, 15) is 14.4 Å². The first-order chi connectivity index (χ1) is 8.90. The van der Waals surface area contributed by atoms with Crippen molar-refractivity contribution >= 4 is 18.0 Å². The van der Waals surface area contributed by atoms with Gasteiger partial charge in [-0.3, -0.25) is 4.79 Å². The minimum Gasteiger partial charge on any atom is -0.481 e. The van der Waals surface area contributed by atoms with Crippen molar-refractivity contribution in [2.75, 3.05) is 6.54 Å². The zero-order valence-corrected chi connectivity index (χ0v) is 11.3. The monoisotopic (exact) mass is 274 g/mol. The molecule has 0 aromatic rings. The molecule has 0 rings (SSSR count). The normalized spacial score (nSPS) is 11.9. The van der Waals surface area contributed by atoms with Crippen molar-refractivity contribution in [2.45, 2.75) is 45.6 Å². The highest BCUT2D eigenvalue weighted by molar-refractivity contribution is 5.82. The smallest absolute Gasteiger partial charge is 0.326 e. The zero-order chi connectivity index (χ0) is 14.8. The summed E-state index contributed by atoms with van der Waals surface area (Å²) in [5.41, 5.74) is 0. The van der Waals surface area contributed by atoms with Crippen LogP contribution in [0.15, 0.2) is 0 Å². The van der Waals surface area contributed by atoms with Crippen LogP contribution in [0.2, 0.25) is 0 Å². The molecule has 0 saturated heterocycles. The lowest BCUT2D eigenvalue weighted by Gasteiger charge is -2.17. The highest BCUT2D eigenvalue weighted by Crippen LogP contribution is 2.05. The van der Waals surface area contributed by atoms with E-state index in [0.29, 0.717) is 12.5 Å². The van der Waals surface area contributed by atoms with E-state index in [-0.39, 0.29) is 12.8 Å². The van der Waals surface area contributed by atoms with E-state index >= 15 is 0 Å². The molecule has 1 atom stereocenters. The number of carboxylic acid groups (broad SMARTS) is 2. The summed E-state index contributed by atoms with van der Waals surface area (Å²) in [5.74, 6) is -1.97. The van der Waals surface area contributed by atoms with Crippen LogP contribution in [-0.2, 0) is 9.59 Å². The van der Waals surface area contributed by atoms with Gasteiger partial charge in [0.2, 0.25) is 0 Å². The summed E-state index contributed by atoms with van der Waals surface area (Å²) < 4.78 is 0. The van der Waals surface area contributed by atoms with E-state index in [0.717, 1.165) is 12.8 Å². The van der Waals surface area contributed by atoms with Gasteiger partial charge in [-0.25, -0.2) is 9.59 Å². The summed E-state index contributed by atoms with van der Waals surface area (Å²) in [7, 11) is 0. The highest BCUT2D eigenvalue weighted by Gasteiger charge is 2.20. The minimum atomic E-state index is -1.24. The predicted octanol–water partition coefficient (Wildman–Crippen LogP) is 1.04. The maximum Gasteiger partial charge on any atom is 0.326 e. The van der Waals surface area contributed by atoms with Gasteiger partial charge in [0.15, 0.2) is 0 Å². The van der Waals surface area contributed by atoms with Crippen LogP contribution in [0, 0.1) is 5.92 Å². The van der Waals surface area contributed by atoms with Crippen molar-refractivity contribution in [1.29, 1.82) is 0 Å². The fourth-order valence-electron chi connectivity index (χ4n) is 1.55. The molecule has 110 valence electrons.